The van der Waals surface area contributed by atoms with Crippen LogP contribution in [0.2, 0.25) is 0 Å². The molecule has 0 aliphatic carbocycles. The van der Waals surface area contributed by atoms with Crippen molar-refractivity contribution in [3.05, 3.63) is 42.5 Å². The molecule has 1 heterocycles. The van der Waals surface area contributed by atoms with Gasteiger partial charge in [0, 0.05) is 38.0 Å². The van der Waals surface area contributed by atoms with E-state index in [1.807, 2.05) is 37.3 Å². The Morgan fingerprint density at radius 1 is 1.11 bits per heavy atom. The van der Waals surface area contributed by atoms with E-state index in [0.29, 0.717) is 12.2 Å². The molecule has 1 aliphatic rings. The van der Waals surface area contributed by atoms with E-state index in [9.17, 15) is 9.59 Å². The highest BCUT2D eigenvalue weighted by Crippen LogP contribution is 2.08. The van der Waals surface area contributed by atoms with Gasteiger partial charge in [0.05, 0.1) is 13.2 Å². The van der Waals surface area contributed by atoms with Crippen molar-refractivity contribution in [3.8, 4) is 0 Å². The zero-order chi connectivity index (χ0) is 20.1. The fourth-order valence-electron chi connectivity index (χ4n) is 1.95. The van der Waals surface area contributed by atoms with Gasteiger partial charge < -0.3 is 25.2 Å². The SMILES string of the molecule is CN=C(C)N=C(Nc1ccccc1)N1CCOCC1.O=C(O)/C=C/C(=O)O. The zero-order valence-corrected chi connectivity index (χ0v) is 15.3. The molecule has 0 aromatic heterocycles. The predicted octanol–water partition coefficient (Wildman–Crippen LogP) is 1.55. The van der Waals surface area contributed by atoms with E-state index >= 15 is 0 Å². The molecule has 9 heteroatoms. The third-order valence-corrected chi connectivity index (χ3v) is 3.30. The number of carboxylic acids is 2. The Morgan fingerprint density at radius 3 is 2.15 bits per heavy atom. The summed E-state index contributed by atoms with van der Waals surface area (Å²) in [5.74, 6) is -0.928. The Labute approximate surface area is 157 Å². The Morgan fingerprint density at radius 2 is 1.67 bits per heavy atom. The lowest BCUT2D eigenvalue weighted by atomic mass is 10.3. The molecule has 0 atom stereocenters. The fraction of sp³-hybridized carbons (Fsp3) is 0.333. The molecule has 2 rings (SSSR count). The van der Waals surface area contributed by atoms with Crippen LogP contribution in [0.5, 0.6) is 0 Å². The van der Waals surface area contributed by atoms with Crippen LogP contribution in [0, 0.1) is 0 Å². The Balaban J connectivity index is 0.000000387. The number of amidine groups is 1. The van der Waals surface area contributed by atoms with Gasteiger partial charge in [-0.1, -0.05) is 18.2 Å². The Kier molecular flexibility index (Phi) is 9.87. The minimum Gasteiger partial charge on any atom is -0.478 e. The smallest absolute Gasteiger partial charge is 0.328 e. The van der Waals surface area contributed by atoms with Crippen molar-refractivity contribution in [2.75, 3.05) is 38.7 Å². The summed E-state index contributed by atoms with van der Waals surface area (Å²) in [5.41, 5.74) is 1.02. The number of para-hydroxylation sites is 1. The highest BCUT2D eigenvalue weighted by atomic mass is 16.5. The molecule has 0 bridgehead atoms. The molecule has 1 fully saturated rings. The third-order valence-electron chi connectivity index (χ3n) is 3.30. The van der Waals surface area contributed by atoms with E-state index in [1.54, 1.807) is 7.05 Å². The number of nitrogens with one attached hydrogen (secondary N) is 1. The highest BCUT2D eigenvalue weighted by molar-refractivity contribution is 6.01. The molecule has 1 aromatic carbocycles. The van der Waals surface area contributed by atoms with Gasteiger partial charge in [-0.25, -0.2) is 14.6 Å². The zero-order valence-electron chi connectivity index (χ0n) is 15.3. The lowest BCUT2D eigenvalue weighted by Crippen LogP contribution is -2.44. The summed E-state index contributed by atoms with van der Waals surface area (Å²) in [6.45, 7) is 5.05. The molecule has 1 aliphatic heterocycles. The summed E-state index contributed by atoms with van der Waals surface area (Å²) >= 11 is 0. The van der Waals surface area contributed by atoms with Crippen LogP contribution in [0.1, 0.15) is 6.92 Å². The number of hydrogen-bond donors (Lipinski definition) is 3. The number of morpholine rings is 1. The minimum atomic E-state index is -1.26. The fourth-order valence-corrected chi connectivity index (χ4v) is 1.95. The number of ether oxygens (including phenoxy) is 1. The van der Waals surface area contributed by atoms with E-state index in [1.165, 1.54) is 0 Å². The maximum absolute atomic E-state index is 9.55. The molecule has 146 valence electrons. The largest absolute Gasteiger partial charge is 0.478 e. The first kappa shape index (κ1) is 21.8. The molecule has 27 heavy (non-hydrogen) atoms. The van der Waals surface area contributed by atoms with Gasteiger partial charge in [0.1, 0.15) is 5.84 Å². The second-order valence-corrected chi connectivity index (χ2v) is 5.31. The molecule has 0 radical (unpaired) electrons. The second-order valence-electron chi connectivity index (χ2n) is 5.31. The van der Waals surface area contributed by atoms with Crippen molar-refractivity contribution in [2.24, 2.45) is 9.98 Å². The van der Waals surface area contributed by atoms with Crippen LogP contribution in [-0.2, 0) is 14.3 Å². The quantitative estimate of drug-likeness (QED) is 0.415. The van der Waals surface area contributed by atoms with Gasteiger partial charge in [0.15, 0.2) is 0 Å². The molecule has 0 unspecified atom stereocenters. The topological polar surface area (TPSA) is 124 Å². The number of aliphatic imine (C=N–C) groups is 2. The molecular formula is C18H24N4O5. The summed E-state index contributed by atoms with van der Waals surface area (Å²) in [4.78, 5) is 29.9. The minimum absolute atomic E-state index is 0.558. The normalized spacial score (nSPS) is 15.1. The number of benzene rings is 1. The van der Waals surface area contributed by atoms with Crippen molar-refractivity contribution in [1.29, 1.82) is 0 Å². The molecular weight excluding hydrogens is 352 g/mol. The number of hydrogen-bond acceptors (Lipinski definition) is 4. The number of carboxylic acid groups (broad SMARTS) is 2. The van der Waals surface area contributed by atoms with Crippen molar-refractivity contribution in [3.63, 3.8) is 0 Å². The van der Waals surface area contributed by atoms with Gasteiger partial charge in [0.2, 0.25) is 5.96 Å². The van der Waals surface area contributed by atoms with E-state index in [-0.39, 0.29) is 0 Å². The van der Waals surface area contributed by atoms with E-state index < -0.39 is 11.9 Å². The number of nitrogens with zero attached hydrogens (tertiary/aromatic N) is 3. The van der Waals surface area contributed by atoms with Crippen LogP contribution in [0.25, 0.3) is 0 Å². The number of rotatable bonds is 3. The van der Waals surface area contributed by atoms with Crippen molar-refractivity contribution < 1.29 is 24.5 Å². The molecule has 0 spiro atoms. The van der Waals surface area contributed by atoms with Crippen LogP contribution >= 0.6 is 0 Å². The van der Waals surface area contributed by atoms with Crippen LogP contribution < -0.4 is 5.32 Å². The maximum atomic E-state index is 9.55. The molecule has 0 saturated carbocycles. The summed E-state index contributed by atoms with van der Waals surface area (Å²) in [6.07, 6.45) is 1.12. The monoisotopic (exact) mass is 376 g/mol. The first-order valence-electron chi connectivity index (χ1n) is 8.23. The highest BCUT2D eigenvalue weighted by Gasteiger charge is 2.15. The Hall–Kier alpha value is -3.20. The van der Waals surface area contributed by atoms with Crippen LogP contribution in [0.15, 0.2) is 52.5 Å². The van der Waals surface area contributed by atoms with Crippen LogP contribution in [-0.4, -0.2) is 72.2 Å². The molecule has 9 nitrogen and oxygen atoms in total. The molecule has 1 aromatic rings. The number of guanidine groups is 1. The first-order valence-corrected chi connectivity index (χ1v) is 8.23. The lowest BCUT2D eigenvalue weighted by molar-refractivity contribution is -0.134. The van der Waals surface area contributed by atoms with E-state index in [4.69, 9.17) is 14.9 Å². The van der Waals surface area contributed by atoms with Gasteiger partial charge >= 0.3 is 11.9 Å². The Bertz CT molecular complexity index is 679. The lowest BCUT2D eigenvalue weighted by Gasteiger charge is -2.30. The summed E-state index contributed by atoms with van der Waals surface area (Å²) in [7, 11) is 1.75. The van der Waals surface area contributed by atoms with E-state index in [2.05, 4.69) is 20.2 Å². The van der Waals surface area contributed by atoms with Crippen LogP contribution in [0.3, 0.4) is 0 Å². The maximum Gasteiger partial charge on any atom is 0.328 e. The summed E-state index contributed by atoms with van der Waals surface area (Å²) in [5, 5.41) is 19.0. The predicted molar refractivity (Wildman–Crippen MR) is 103 cm³/mol. The van der Waals surface area contributed by atoms with Crippen molar-refractivity contribution in [2.45, 2.75) is 6.92 Å². The number of anilines is 1. The molecule has 3 N–H and O–H groups in total. The van der Waals surface area contributed by atoms with Crippen molar-refractivity contribution in [1.82, 2.24) is 4.90 Å². The number of aliphatic carboxylic acids is 2. The third kappa shape index (κ3) is 9.75. The van der Waals surface area contributed by atoms with Gasteiger partial charge in [-0.05, 0) is 19.1 Å². The first-order chi connectivity index (χ1) is 12.9. The van der Waals surface area contributed by atoms with Gasteiger partial charge in [-0.15, -0.1) is 0 Å². The average molecular weight is 376 g/mol. The summed E-state index contributed by atoms with van der Waals surface area (Å²) < 4.78 is 5.38. The van der Waals surface area contributed by atoms with Crippen LogP contribution in [0.4, 0.5) is 5.69 Å². The van der Waals surface area contributed by atoms with Gasteiger partial charge in [-0.3, -0.25) is 4.99 Å². The van der Waals surface area contributed by atoms with Gasteiger partial charge in [0.25, 0.3) is 0 Å². The molecule has 0 amide bonds. The molecule has 1 saturated heterocycles. The average Bonchev–Trinajstić information content (AvgIpc) is 2.67. The van der Waals surface area contributed by atoms with Crippen molar-refractivity contribution >= 4 is 29.4 Å². The second kappa shape index (κ2) is 12.2. The van der Waals surface area contributed by atoms with E-state index in [0.717, 1.165) is 43.8 Å². The summed E-state index contributed by atoms with van der Waals surface area (Å²) in [6, 6.07) is 10.0. The van der Waals surface area contributed by atoms with Gasteiger partial charge in [-0.2, -0.15) is 0 Å². The standard InChI is InChI=1S/C14H20N4O.C4H4O4/c1-12(15-2)16-14(18-8-10-19-11-9-18)17-13-6-4-3-5-7-13;5-3(6)1-2-4(7)8/h3-7H,8-11H2,1-2H3,(H,15,16,17);1-2H,(H,5,6)(H,7,8)/b;2-1+. The number of carbonyl (C=O) groups is 2.